The molecule has 9 heteroatoms. The minimum atomic E-state index is -0.598. The van der Waals surface area contributed by atoms with Crippen LogP contribution in [0.4, 0.5) is 20.4 Å². The van der Waals surface area contributed by atoms with Crippen LogP contribution in [-0.4, -0.2) is 20.2 Å². The number of para-hydroxylation sites is 1. The summed E-state index contributed by atoms with van der Waals surface area (Å²) >= 11 is 0. The summed E-state index contributed by atoms with van der Waals surface area (Å²) in [7, 11) is 0. The van der Waals surface area contributed by atoms with E-state index in [1.807, 2.05) is 19.1 Å². The van der Waals surface area contributed by atoms with Gasteiger partial charge in [0.15, 0.2) is 0 Å². The fourth-order valence-electron chi connectivity index (χ4n) is 4.32. The number of hydrogen-bond acceptors (Lipinski definition) is 6. The maximum atomic E-state index is 14.7. The molecular weight excluding hydrogens is 474 g/mol. The molecule has 0 aliphatic rings. The summed E-state index contributed by atoms with van der Waals surface area (Å²) in [4.78, 5) is 21.8. The van der Waals surface area contributed by atoms with Crippen molar-refractivity contribution in [2.75, 3.05) is 11.1 Å². The van der Waals surface area contributed by atoms with Crippen molar-refractivity contribution in [1.82, 2.24) is 14.5 Å². The monoisotopic (exact) mass is 496 g/mol. The minimum Gasteiger partial charge on any atom is -0.383 e. The van der Waals surface area contributed by atoms with Crippen molar-refractivity contribution >= 4 is 28.1 Å². The van der Waals surface area contributed by atoms with E-state index < -0.39 is 17.2 Å². The summed E-state index contributed by atoms with van der Waals surface area (Å²) in [6, 6.07) is 19.2. The number of aromatic nitrogens is 3. The fraction of sp³-hybridized carbons (Fsp3) is 0.0714. The number of nitrogens with zero attached hydrogens (tertiary/aromatic N) is 3. The molecular formula is C28H22F2N6O. The number of aryl methyl sites for hydroxylation is 1. The van der Waals surface area contributed by atoms with E-state index in [1.54, 1.807) is 36.4 Å². The Morgan fingerprint density at radius 3 is 2.59 bits per heavy atom. The molecule has 7 nitrogen and oxygen atoms in total. The highest BCUT2D eigenvalue weighted by atomic mass is 19.1. The number of rotatable bonds is 6. The van der Waals surface area contributed by atoms with Gasteiger partial charge < -0.3 is 11.1 Å². The van der Waals surface area contributed by atoms with Gasteiger partial charge in [0.25, 0.3) is 5.56 Å². The molecule has 4 N–H and O–H groups in total. The van der Waals surface area contributed by atoms with Gasteiger partial charge in [-0.05, 0) is 48.2 Å². The lowest BCUT2D eigenvalue weighted by molar-refractivity contribution is 0.627. The van der Waals surface area contributed by atoms with Crippen molar-refractivity contribution in [2.45, 2.75) is 13.5 Å². The second-order valence-corrected chi connectivity index (χ2v) is 8.49. The number of anilines is 2. The van der Waals surface area contributed by atoms with Gasteiger partial charge in [-0.25, -0.2) is 18.7 Å². The Kier molecular flexibility index (Phi) is 6.19. The average Bonchev–Trinajstić information content (AvgIpc) is 2.88. The van der Waals surface area contributed by atoms with Crippen molar-refractivity contribution < 1.29 is 8.78 Å². The third kappa shape index (κ3) is 4.42. The molecule has 0 saturated heterocycles. The molecule has 37 heavy (non-hydrogen) atoms. The van der Waals surface area contributed by atoms with Crippen LogP contribution >= 0.6 is 0 Å². The van der Waals surface area contributed by atoms with Crippen LogP contribution < -0.4 is 16.6 Å². The summed E-state index contributed by atoms with van der Waals surface area (Å²) in [5.74, 6) is -0.801. The summed E-state index contributed by atoms with van der Waals surface area (Å²) in [6.07, 6.45) is 1.25. The molecule has 0 amide bonds. The number of nitrogen functional groups attached to an aromatic ring is 1. The maximum absolute atomic E-state index is 14.7. The summed E-state index contributed by atoms with van der Waals surface area (Å²) in [5.41, 5.74) is 8.05. The normalized spacial score (nSPS) is 11.0. The first kappa shape index (κ1) is 23.8. The van der Waals surface area contributed by atoms with Gasteiger partial charge in [0, 0.05) is 11.3 Å². The van der Waals surface area contributed by atoms with E-state index in [-0.39, 0.29) is 34.8 Å². The first-order chi connectivity index (χ1) is 17.8. The second-order valence-electron chi connectivity index (χ2n) is 8.49. The van der Waals surface area contributed by atoms with E-state index >= 15 is 0 Å². The van der Waals surface area contributed by atoms with E-state index in [4.69, 9.17) is 11.1 Å². The molecule has 2 heterocycles. The summed E-state index contributed by atoms with van der Waals surface area (Å²) in [5, 5.41) is 12.2. The highest BCUT2D eigenvalue weighted by Crippen LogP contribution is 2.25. The van der Waals surface area contributed by atoms with E-state index in [0.29, 0.717) is 22.3 Å². The molecule has 0 aliphatic heterocycles. The Labute approximate surface area is 210 Å². The lowest BCUT2D eigenvalue weighted by Gasteiger charge is -2.19. The van der Waals surface area contributed by atoms with Crippen molar-refractivity contribution in [3.05, 3.63) is 123 Å². The zero-order valence-corrected chi connectivity index (χ0v) is 19.8. The third-order valence-electron chi connectivity index (χ3n) is 6.11. The number of nitrogens with one attached hydrogen (secondary N) is 2. The van der Waals surface area contributed by atoms with Crippen LogP contribution in [0, 0.1) is 24.0 Å². The Morgan fingerprint density at radius 2 is 1.81 bits per heavy atom. The van der Waals surface area contributed by atoms with Crippen molar-refractivity contribution in [2.24, 2.45) is 0 Å². The van der Waals surface area contributed by atoms with Crippen LogP contribution in [-0.2, 0) is 6.54 Å². The van der Waals surface area contributed by atoms with Gasteiger partial charge in [-0.1, -0.05) is 42.5 Å². The number of halogens is 2. The number of pyridine rings is 1. The molecule has 3 aromatic carbocycles. The number of nitrogens with two attached hydrogens (primary N) is 1. The lowest BCUT2D eigenvalue weighted by Crippen LogP contribution is -2.25. The van der Waals surface area contributed by atoms with Crippen LogP contribution in [0.3, 0.4) is 0 Å². The fourth-order valence-corrected chi connectivity index (χ4v) is 4.32. The van der Waals surface area contributed by atoms with Crippen molar-refractivity contribution in [1.29, 1.82) is 5.41 Å². The molecule has 0 radical (unpaired) electrons. The minimum absolute atomic E-state index is 0.00523. The highest BCUT2D eigenvalue weighted by molar-refractivity contribution is 6.16. The van der Waals surface area contributed by atoms with Gasteiger partial charge >= 0.3 is 0 Å². The Bertz CT molecular complexity index is 1730. The molecule has 0 fully saturated rings. The summed E-state index contributed by atoms with van der Waals surface area (Å²) in [6.45, 7) is 1.96. The van der Waals surface area contributed by atoms with Crippen molar-refractivity contribution in [3.63, 3.8) is 0 Å². The van der Waals surface area contributed by atoms with Gasteiger partial charge in [-0.15, -0.1) is 0 Å². The molecule has 0 atom stereocenters. The van der Waals surface area contributed by atoms with Crippen LogP contribution in [0.1, 0.15) is 22.4 Å². The molecule has 0 aliphatic carbocycles. The summed E-state index contributed by atoms with van der Waals surface area (Å²) < 4.78 is 30.0. The Hall–Kier alpha value is -4.92. The molecule has 0 saturated carbocycles. The maximum Gasteiger partial charge on any atom is 0.266 e. The molecule has 0 unspecified atom stereocenters. The Balaban J connectivity index is 1.62. The lowest BCUT2D eigenvalue weighted by atomic mass is 10.0. The molecule has 2 aromatic heterocycles. The number of benzene rings is 3. The van der Waals surface area contributed by atoms with Gasteiger partial charge in [-0.3, -0.25) is 14.8 Å². The topological polar surface area (TPSA) is 110 Å². The molecule has 0 bridgehead atoms. The van der Waals surface area contributed by atoms with E-state index in [1.165, 1.54) is 35.2 Å². The van der Waals surface area contributed by atoms with Crippen LogP contribution in [0.2, 0.25) is 0 Å². The Morgan fingerprint density at radius 1 is 1.03 bits per heavy atom. The second kappa shape index (κ2) is 9.62. The molecule has 5 rings (SSSR count). The molecule has 184 valence electrons. The largest absolute Gasteiger partial charge is 0.383 e. The SMILES string of the molecule is Cc1ccccc1-n1c(CNc2ncnc(N)c2C(=N)c2cccc(F)c2)cc2cccc(F)c2c1=O. The van der Waals surface area contributed by atoms with Gasteiger partial charge in [0.05, 0.1) is 28.9 Å². The smallest absolute Gasteiger partial charge is 0.266 e. The third-order valence-corrected chi connectivity index (χ3v) is 6.11. The van der Waals surface area contributed by atoms with Gasteiger partial charge in [0.2, 0.25) is 0 Å². The first-order valence-corrected chi connectivity index (χ1v) is 11.4. The van der Waals surface area contributed by atoms with Crippen LogP contribution in [0.5, 0.6) is 0 Å². The molecule has 5 aromatic rings. The first-order valence-electron chi connectivity index (χ1n) is 11.4. The predicted molar refractivity (Wildman–Crippen MR) is 140 cm³/mol. The van der Waals surface area contributed by atoms with Gasteiger partial charge in [-0.2, -0.15) is 0 Å². The quantitative estimate of drug-likeness (QED) is 0.287. The number of hydrogen-bond donors (Lipinski definition) is 3. The van der Waals surface area contributed by atoms with Crippen LogP contribution in [0.25, 0.3) is 16.5 Å². The van der Waals surface area contributed by atoms with E-state index in [9.17, 15) is 13.6 Å². The van der Waals surface area contributed by atoms with E-state index in [0.717, 1.165) is 5.56 Å². The van der Waals surface area contributed by atoms with Gasteiger partial charge in [0.1, 0.15) is 29.6 Å². The zero-order chi connectivity index (χ0) is 26.1. The van der Waals surface area contributed by atoms with Crippen molar-refractivity contribution in [3.8, 4) is 5.69 Å². The highest BCUT2D eigenvalue weighted by Gasteiger charge is 2.19. The van der Waals surface area contributed by atoms with Crippen LogP contribution in [0.15, 0.2) is 83.9 Å². The number of fused-ring (bicyclic) bond motifs is 1. The average molecular weight is 497 g/mol. The standard InChI is InChI=1S/C28H22F2N6O/c1-16-6-2-3-11-22(16)36-20(13-17-7-5-10-21(30)23(17)28(36)37)14-33-27-24(26(32)34-15-35-27)25(31)18-8-4-9-19(29)12-18/h2-13,15,31H,14H2,1H3,(H3,32,33,34,35). The molecule has 0 spiro atoms. The zero-order valence-electron chi connectivity index (χ0n) is 19.8. The van der Waals surface area contributed by atoms with E-state index in [2.05, 4.69) is 15.3 Å². The predicted octanol–water partition coefficient (Wildman–Crippen LogP) is 4.98.